The molecule has 1 N–H and O–H groups in total. The van der Waals surface area contributed by atoms with Crippen molar-refractivity contribution in [1.82, 2.24) is 14.9 Å². The number of aryl methyl sites for hydroxylation is 2. The van der Waals surface area contributed by atoms with Gasteiger partial charge in [-0.15, -0.1) is 0 Å². The minimum absolute atomic E-state index is 0.0965. The van der Waals surface area contributed by atoms with E-state index in [1.165, 1.54) is 11.1 Å². The van der Waals surface area contributed by atoms with Gasteiger partial charge in [0.15, 0.2) is 0 Å². The molecule has 0 radical (unpaired) electrons. The Kier molecular flexibility index (Phi) is 4.25. The summed E-state index contributed by atoms with van der Waals surface area (Å²) < 4.78 is 7.96. The second-order valence-electron chi connectivity index (χ2n) is 5.64. The lowest BCUT2D eigenvalue weighted by Crippen LogP contribution is -2.25. The molecule has 0 saturated heterocycles. The van der Waals surface area contributed by atoms with Crippen molar-refractivity contribution < 1.29 is 4.74 Å². The van der Waals surface area contributed by atoms with Gasteiger partial charge in [0.25, 0.3) is 0 Å². The molecule has 1 unspecified atom stereocenters. The van der Waals surface area contributed by atoms with E-state index in [4.69, 9.17) is 4.74 Å². The Morgan fingerprint density at radius 3 is 3.10 bits per heavy atom. The Balaban J connectivity index is 2.00. The molecule has 2 aromatic rings. The van der Waals surface area contributed by atoms with Gasteiger partial charge in [0.1, 0.15) is 5.75 Å². The lowest BCUT2D eigenvalue weighted by atomic mass is 9.96. The summed E-state index contributed by atoms with van der Waals surface area (Å²) in [5.74, 6) is 1.06. The van der Waals surface area contributed by atoms with E-state index in [2.05, 4.69) is 41.6 Å². The highest BCUT2D eigenvalue weighted by Crippen LogP contribution is 2.35. The molecule has 1 atom stereocenters. The van der Waals surface area contributed by atoms with Gasteiger partial charge in [0.2, 0.25) is 0 Å². The second-order valence-corrected chi connectivity index (χ2v) is 5.64. The standard InChI is InChI=1S/C17H23N3O/c1-3-9-18-16(15-11-20(2)12-19-15)14-8-4-6-13-7-5-10-21-17(13)14/h4,6,8,11-12,16,18H,3,5,7,9-10H2,1-2H3. The zero-order valence-electron chi connectivity index (χ0n) is 12.8. The minimum Gasteiger partial charge on any atom is -0.493 e. The Hall–Kier alpha value is -1.81. The lowest BCUT2D eigenvalue weighted by molar-refractivity contribution is 0.283. The molecular formula is C17H23N3O. The number of hydrogen-bond acceptors (Lipinski definition) is 3. The van der Waals surface area contributed by atoms with Gasteiger partial charge in [-0.25, -0.2) is 4.98 Å². The average Bonchev–Trinajstić information content (AvgIpc) is 2.94. The van der Waals surface area contributed by atoms with E-state index in [9.17, 15) is 0 Å². The van der Waals surface area contributed by atoms with Crippen molar-refractivity contribution in [3.63, 3.8) is 0 Å². The Bertz CT molecular complexity index is 606. The third-order valence-electron chi connectivity index (χ3n) is 3.89. The highest BCUT2D eigenvalue weighted by molar-refractivity contribution is 5.46. The molecule has 21 heavy (non-hydrogen) atoms. The maximum Gasteiger partial charge on any atom is 0.127 e. The van der Waals surface area contributed by atoms with Crippen molar-refractivity contribution in [2.45, 2.75) is 32.2 Å². The highest BCUT2D eigenvalue weighted by atomic mass is 16.5. The monoisotopic (exact) mass is 285 g/mol. The first-order chi connectivity index (χ1) is 10.3. The molecule has 0 bridgehead atoms. The zero-order chi connectivity index (χ0) is 14.7. The molecule has 0 amide bonds. The van der Waals surface area contributed by atoms with Gasteiger partial charge in [0.05, 0.1) is 24.7 Å². The van der Waals surface area contributed by atoms with E-state index in [1.54, 1.807) is 0 Å². The number of para-hydroxylation sites is 1. The van der Waals surface area contributed by atoms with Gasteiger partial charge in [-0.05, 0) is 31.4 Å². The number of hydrogen-bond donors (Lipinski definition) is 1. The van der Waals surface area contributed by atoms with Crippen LogP contribution in [0.15, 0.2) is 30.7 Å². The quantitative estimate of drug-likeness (QED) is 0.918. The van der Waals surface area contributed by atoms with Crippen LogP contribution in [-0.2, 0) is 13.5 Å². The molecule has 1 aromatic carbocycles. The van der Waals surface area contributed by atoms with Crippen LogP contribution in [0.4, 0.5) is 0 Å². The first-order valence-corrected chi connectivity index (χ1v) is 7.75. The first kappa shape index (κ1) is 14.1. The van der Waals surface area contributed by atoms with Crippen molar-refractivity contribution >= 4 is 0 Å². The SMILES string of the molecule is CCCNC(c1cn(C)cn1)c1cccc2c1OCCC2. The van der Waals surface area contributed by atoms with Crippen molar-refractivity contribution in [2.75, 3.05) is 13.2 Å². The average molecular weight is 285 g/mol. The van der Waals surface area contributed by atoms with Crippen LogP contribution in [0.1, 0.15) is 42.6 Å². The van der Waals surface area contributed by atoms with Gasteiger partial charge >= 0.3 is 0 Å². The molecule has 112 valence electrons. The summed E-state index contributed by atoms with van der Waals surface area (Å²) in [6.07, 6.45) is 7.24. The predicted octanol–water partition coefficient (Wildman–Crippen LogP) is 2.83. The number of nitrogens with one attached hydrogen (secondary N) is 1. The number of rotatable bonds is 5. The fraction of sp³-hybridized carbons (Fsp3) is 0.471. The van der Waals surface area contributed by atoms with Crippen LogP contribution in [0.3, 0.4) is 0 Å². The van der Waals surface area contributed by atoms with Gasteiger partial charge in [-0.2, -0.15) is 0 Å². The third kappa shape index (κ3) is 2.95. The summed E-state index contributed by atoms with van der Waals surface area (Å²) in [6.45, 7) is 3.96. The van der Waals surface area contributed by atoms with Crippen LogP contribution in [-0.4, -0.2) is 22.7 Å². The molecule has 4 nitrogen and oxygen atoms in total. The Morgan fingerprint density at radius 2 is 2.33 bits per heavy atom. The van der Waals surface area contributed by atoms with E-state index < -0.39 is 0 Å². The lowest BCUT2D eigenvalue weighted by Gasteiger charge is -2.25. The Morgan fingerprint density at radius 1 is 1.43 bits per heavy atom. The maximum absolute atomic E-state index is 5.97. The molecule has 2 heterocycles. The largest absolute Gasteiger partial charge is 0.493 e. The number of ether oxygens (including phenoxy) is 1. The van der Waals surface area contributed by atoms with Crippen LogP contribution < -0.4 is 10.1 Å². The van der Waals surface area contributed by atoms with Crippen molar-refractivity contribution in [3.8, 4) is 5.75 Å². The van der Waals surface area contributed by atoms with Crippen LogP contribution in [0.2, 0.25) is 0 Å². The fourth-order valence-electron chi connectivity index (χ4n) is 2.89. The first-order valence-electron chi connectivity index (χ1n) is 7.75. The molecule has 0 saturated carbocycles. The Labute approximate surface area is 126 Å². The summed E-state index contributed by atoms with van der Waals surface area (Å²) >= 11 is 0. The molecule has 1 aliphatic rings. The van der Waals surface area contributed by atoms with Crippen LogP contribution in [0.5, 0.6) is 5.75 Å². The molecule has 0 fully saturated rings. The molecule has 4 heteroatoms. The molecule has 3 rings (SSSR count). The molecular weight excluding hydrogens is 262 g/mol. The van der Waals surface area contributed by atoms with Crippen LogP contribution in [0.25, 0.3) is 0 Å². The summed E-state index contributed by atoms with van der Waals surface area (Å²) in [5, 5.41) is 3.61. The van der Waals surface area contributed by atoms with Crippen LogP contribution >= 0.6 is 0 Å². The molecule has 1 aromatic heterocycles. The highest BCUT2D eigenvalue weighted by Gasteiger charge is 2.23. The molecule has 0 spiro atoms. The number of benzene rings is 1. The summed E-state index contributed by atoms with van der Waals surface area (Å²) in [7, 11) is 2.00. The molecule has 1 aliphatic heterocycles. The summed E-state index contributed by atoms with van der Waals surface area (Å²) in [6, 6.07) is 6.56. The fourth-order valence-corrected chi connectivity index (χ4v) is 2.89. The number of aromatic nitrogens is 2. The van der Waals surface area contributed by atoms with Gasteiger partial charge in [0, 0.05) is 18.8 Å². The van der Waals surface area contributed by atoms with E-state index in [0.717, 1.165) is 43.9 Å². The van der Waals surface area contributed by atoms with Gasteiger partial charge < -0.3 is 14.6 Å². The second kappa shape index (κ2) is 6.31. The minimum atomic E-state index is 0.0965. The third-order valence-corrected chi connectivity index (χ3v) is 3.89. The van der Waals surface area contributed by atoms with Crippen molar-refractivity contribution in [1.29, 1.82) is 0 Å². The maximum atomic E-state index is 5.97. The zero-order valence-corrected chi connectivity index (χ0v) is 12.8. The van der Waals surface area contributed by atoms with E-state index in [1.807, 2.05) is 17.9 Å². The molecule has 0 aliphatic carbocycles. The van der Waals surface area contributed by atoms with Gasteiger partial charge in [-0.1, -0.05) is 25.1 Å². The number of fused-ring (bicyclic) bond motifs is 1. The normalized spacial score (nSPS) is 15.3. The summed E-state index contributed by atoms with van der Waals surface area (Å²) in [5.41, 5.74) is 3.57. The smallest absolute Gasteiger partial charge is 0.127 e. The topological polar surface area (TPSA) is 39.1 Å². The van der Waals surface area contributed by atoms with E-state index in [-0.39, 0.29) is 6.04 Å². The summed E-state index contributed by atoms with van der Waals surface area (Å²) in [4.78, 5) is 4.54. The van der Waals surface area contributed by atoms with Gasteiger partial charge in [-0.3, -0.25) is 0 Å². The van der Waals surface area contributed by atoms with Crippen LogP contribution in [0, 0.1) is 0 Å². The number of nitrogens with zero attached hydrogens (tertiary/aromatic N) is 2. The van der Waals surface area contributed by atoms with E-state index in [0.29, 0.717) is 0 Å². The number of imidazole rings is 1. The van der Waals surface area contributed by atoms with Crippen molar-refractivity contribution in [2.24, 2.45) is 7.05 Å². The van der Waals surface area contributed by atoms with E-state index >= 15 is 0 Å². The van der Waals surface area contributed by atoms with Crippen molar-refractivity contribution in [3.05, 3.63) is 47.5 Å². The predicted molar refractivity (Wildman–Crippen MR) is 83.6 cm³/mol.